The molecule has 1 N–H and O–H groups in total. The standard InChI is InChI=1S/C16H24FNOS/c1-4-20-14-7-6-13(10-14)18-11(2)12-5-8-15(17)16(9-12)19-3/h5,8-9,11,13-14,18H,4,6-7,10H2,1-3H3. The van der Waals surface area contributed by atoms with Gasteiger partial charge in [-0.15, -0.1) is 0 Å². The Kier molecular flexibility index (Phi) is 5.73. The molecule has 1 aliphatic rings. The van der Waals surface area contributed by atoms with E-state index < -0.39 is 0 Å². The van der Waals surface area contributed by atoms with Crippen LogP contribution in [-0.4, -0.2) is 24.2 Å². The van der Waals surface area contributed by atoms with Crippen LogP contribution >= 0.6 is 11.8 Å². The highest BCUT2D eigenvalue weighted by Gasteiger charge is 2.25. The molecule has 112 valence electrons. The first-order chi connectivity index (χ1) is 9.63. The first-order valence-corrected chi connectivity index (χ1v) is 8.40. The zero-order valence-electron chi connectivity index (χ0n) is 12.5. The number of halogens is 1. The Hall–Kier alpha value is -0.740. The van der Waals surface area contributed by atoms with Crippen molar-refractivity contribution in [1.29, 1.82) is 0 Å². The molecule has 2 nitrogen and oxygen atoms in total. The number of hydrogen-bond donors (Lipinski definition) is 1. The average Bonchev–Trinajstić information content (AvgIpc) is 2.87. The number of ether oxygens (including phenoxy) is 1. The van der Waals surface area contributed by atoms with Crippen molar-refractivity contribution in [2.45, 2.75) is 50.4 Å². The molecular weight excluding hydrogens is 273 g/mol. The van der Waals surface area contributed by atoms with E-state index in [-0.39, 0.29) is 11.9 Å². The quantitative estimate of drug-likeness (QED) is 0.852. The first-order valence-electron chi connectivity index (χ1n) is 7.35. The largest absolute Gasteiger partial charge is 0.494 e. The predicted octanol–water partition coefficient (Wildman–Crippen LogP) is 4.16. The summed E-state index contributed by atoms with van der Waals surface area (Å²) in [4.78, 5) is 0. The van der Waals surface area contributed by atoms with Gasteiger partial charge in [0.15, 0.2) is 11.6 Å². The molecule has 20 heavy (non-hydrogen) atoms. The lowest BCUT2D eigenvalue weighted by Gasteiger charge is -2.20. The Bertz CT molecular complexity index is 440. The van der Waals surface area contributed by atoms with Crippen LogP contribution in [0.1, 0.15) is 44.7 Å². The van der Waals surface area contributed by atoms with Crippen molar-refractivity contribution in [1.82, 2.24) is 5.32 Å². The summed E-state index contributed by atoms with van der Waals surface area (Å²) in [7, 11) is 1.50. The van der Waals surface area contributed by atoms with Crippen LogP contribution in [0.15, 0.2) is 18.2 Å². The molecule has 4 heteroatoms. The van der Waals surface area contributed by atoms with Crippen molar-refractivity contribution >= 4 is 11.8 Å². The lowest BCUT2D eigenvalue weighted by atomic mass is 10.1. The summed E-state index contributed by atoms with van der Waals surface area (Å²) in [6, 6.07) is 5.91. The second-order valence-corrected chi connectivity index (χ2v) is 6.95. The first kappa shape index (κ1) is 15.6. The molecule has 1 saturated carbocycles. The van der Waals surface area contributed by atoms with Crippen LogP contribution in [0.4, 0.5) is 4.39 Å². The summed E-state index contributed by atoms with van der Waals surface area (Å²) in [5.41, 5.74) is 1.08. The van der Waals surface area contributed by atoms with Crippen LogP contribution in [0.25, 0.3) is 0 Å². The minimum atomic E-state index is -0.302. The van der Waals surface area contributed by atoms with Crippen molar-refractivity contribution in [3.05, 3.63) is 29.6 Å². The van der Waals surface area contributed by atoms with Crippen molar-refractivity contribution in [3.63, 3.8) is 0 Å². The number of rotatable bonds is 6. The van der Waals surface area contributed by atoms with Crippen LogP contribution in [0.5, 0.6) is 5.75 Å². The van der Waals surface area contributed by atoms with Crippen molar-refractivity contribution < 1.29 is 9.13 Å². The molecule has 1 aromatic carbocycles. The molecule has 1 aromatic rings. The highest BCUT2D eigenvalue weighted by molar-refractivity contribution is 7.99. The second-order valence-electron chi connectivity index (χ2n) is 5.37. The smallest absolute Gasteiger partial charge is 0.165 e. The van der Waals surface area contributed by atoms with E-state index in [1.165, 1.54) is 38.2 Å². The van der Waals surface area contributed by atoms with Crippen LogP contribution in [0.2, 0.25) is 0 Å². The molecule has 0 radical (unpaired) electrons. The van der Waals surface area contributed by atoms with E-state index in [0.29, 0.717) is 11.8 Å². The third kappa shape index (κ3) is 3.89. The van der Waals surface area contributed by atoms with E-state index in [1.54, 1.807) is 6.07 Å². The van der Waals surface area contributed by atoms with Gasteiger partial charge in [-0.2, -0.15) is 11.8 Å². The van der Waals surface area contributed by atoms with Gasteiger partial charge in [-0.05, 0) is 49.6 Å². The summed E-state index contributed by atoms with van der Waals surface area (Å²) < 4.78 is 18.5. The second kappa shape index (κ2) is 7.32. The molecule has 3 unspecified atom stereocenters. The SMILES string of the molecule is CCSC1CCC(NC(C)c2ccc(F)c(OC)c2)C1. The van der Waals surface area contributed by atoms with E-state index in [1.807, 2.05) is 6.07 Å². The fraction of sp³-hybridized carbons (Fsp3) is 0.625. The maximum absolute atomic E-state index is 13.4. The van der Waals surface area contributed by atoms with E-state index in [4.69, 9.17) is 4.74 Å². The van der Waals surface area contributed by atoms with Gasteiger partial charge in [-0.1, -0.05) is 13.0 Å². The molecule has 0 heterocycles. The van der Waals surface area contributed by atoms with Gasteiger partial charge in [0.1, 0.15) is 0 Å². The fourth-order valence-corrected chi connectivity index (χ4v) is 4.02. The Morgan fingerprint density at radius 2 is 2.25 bits per heavy atom. The molecule has 2 rings (SSSR count). The lowest BCUT2D eigenvalue weighted by Crippen LogP contribution is -2.29. The Labute approximate surface area is 125 Å². The van der Waals surface area contributed by atoms with E-state index >= 15 is 0 Å². The van der Waals surface area contributed by atoms with Gasteiger partial charge in [0, 0.05) is 17.3 Å². The summed E-state index contributed by atoms with van der Waals surface area (Å²) >= 11 is 2.06. The summed E-state index contributed by atoms with van der Waals surface area (Å²) in [6.07, 6.45) is 3.77. The maximum Gasteiger partial charge on any atom is 0.165 e. The highest BCUT2D eigenvalue weighted by Crippen LogP contribution is 2.31. The van der Waals surface area contributed by atoms with Gasteiger partial charge in [0.2, 0.25) is 0 Å². The Balaban J connectivity index is 1.93. The Morgan fingerprint density at radius 3 is 2.95 bits per heavy atom. The van der Waals surface area contributed by atoms with Gasteiger partial charge in [-0.25, -0.2) is 4.39 Å². The molecule has 0 aromatic heterocycles. The zero-order chi connectivity index (χ0) is 14.5. The number of benzene rings is 1. The molecule has 0 aliphatic heterocycles. The van der Waals surface area contributed by atoms with Gasteiger partial charge >= 0.3 is 0 Å². The van der Waals surface area contributed by atoms with Crippen LogP contribution < -0.4 is 10.1 Å². The monoisotopic (exact) mass is 297 g/mol. The normalized spacial score (nSPS) is 23.8. The molecule has 3 atom stereocenters. The van der Waals surface area contributed by atoms with Crippen molar-refractivity contribution in [2.75, 3.05) is 12.9 Å². The molecular formula is C16H24FNOS. The van der Waals surface area contributed by atoms with E-state index in [2.05, 4.69) is 30.9 Å². The number of nitrogens with one attached hydrogen (secondary N) is 1. The number of methoxy groups -OCH3 is 1. The van der Waals surface area contributed by atoms with Gasteiger partial charge in [0.25, 0.3) is 0 Å². The van der Waals surface area contributed by atoms with Crippen molar-refractivity contribution in [2.24, 2.45) is 0 Å². The minimum Gasteiger partial charge on any atom is -0.494 e. The third-order valence-electron chi connectivity index (χ3n) is 3.95. The average molecular weight is 297 g/mol. The Morgan fingerprint density at radius 1 is 1.45 bits per heavy atom. The summed E-state index contributed by atoms with van der Waals surface area (Å²) in [5, 5.41) is 4.46. The summed E-state index contributed by atoms with van der Waals surface area (Å²) in [5.74, 6) is 1.22. The zero-order valence-corrected chi connectivity index (χ0v) is 13.3. The topological polar surface area (TPSA) is 21.3 Å². The fourth-order valence-electron chi connectivity index (χ4n) is 2.87. The maximum atomic E-state index is 13.4. The lowest BCUT2D eigenvalue weighted by molar-refractivity contribution is 0.384. The molecule has 0 spiro atoms. The van der Waals surface area contributed by atoms with Crippen molar-refractivity contribution in [3.8, 4) is 5.75 Å². The van der Waals surface area contributed by atoms with Gasteiger partial charge < -0.3 is 10.1 Å². The van der Waals surface area contributed by atoms with Gasteiger partial charge in [0.05, 0.1) is 7.11 Å². The highest BCUT2D eigenvalue weighted by atomic mass is 32.2. The molecule has 0 saturated heterocycles. The molecule has 0 amide bonds. The molecule has 1 fully saturated rings. The van der Waals surface area contributed by atoms with E-state index in [0.717, 1.165) is 10.8 Å². The minimum absolute atomic E-state index is 0.222. The van der Waals surface area contributed by atoms with Crippen LogP contribution in [-0.2, 0) is 0 Å². The molecule has 0 bridgehead atoms. The summed E-state index contributed by atoms with van der Waals surface area (Å²) in [6.45, 7) is 4.35. The number of thioether (sulfide) groups is 1. The van der Waals surface area contributed by atoms with Crippen LogP contribution in [0, 0.1) is 5.82 Å². The molecule has 1 aliphatic carbocycles. The third-order valence-corrected chi connectivity index (χ3v) is 5.18. The van der Waals surface area contributed by atoms with Crippen LogP contribution in [0.3, 0.4) is 0 Å². The van der Waals surface area contributed by atoms with E-state index in [9.17, 15) is 4.39 Å². The predicted molar refractivity (Wildman–Crippen MR) is 84.1 cm³/mol. The number of hydrogen-bond acceptors (Lipinski definition) is 3. The van der Waals surface area contributed by atoms with Gasteiger partial charge in [-0.3, -0.25) is 0 Å².